The molecule has 0 spiro atoms. The van der Waals surface area contributed by atoms with E-state index in [2.05, 4.69) is 57.4 Å². The second-order valence-corrected chi connectivity index (χ2v) is 5.49. The number of hydrogen-bond acceptors (Lipinski definition) is 0. The van der Waals surface area contributed by atoms with Crippen molar-refractivity contribution in [3.63, 3.8) is 0 Å². The van der Waals surface area contributed by atoms with E-state index in [1.165, 1.54) is 10.9 Å². The van der Waals surface area contributed by atoms with Crippen LogP contribution in [0.3, 0.4) is 0 Å². The molecule has 0 aromatic carbocycles. The fourth-order valence-corrected chi connectivity index (χ4v) is 3.08. The van der Waals surface area contributed by atoms with Crippen molar-refractivity contribution in [2.24, 2.45) is 0 Å². The van der Waals surface area contributed by atoms with E-state index in [1.54, 1.807) is 6.08 Å². The van der Waals surface area contributed by atoms with Crippen LogP contribution in [0.25, 0.3) is 0 Å². The molecular weight excluding hydrogens is 287 g/mol. The van der Waals surface area contributed by atoms with Crippen LogP contribution in [0.5, 0.6) is 0 Å². The van der Waals surface area contributed by atoms with Gasteiger partial charge in [0.25, 0.3) is 0 Å². The highest BCUT2D eigenvalue weighted by Crippen LogP contribution is 2.36. The Morgan fingerprint density at radius 1 is 0.667 bits per heavy atom. The zero-order chi connectivity index (χ0) is 18.1. The summed E-state index contributed by atoms with van der Waals surface area (Å²) in [5.41, 5.74) is 6.87. The largest absolute Gasteiger partial charge is 0.207 e. The lowest BCUT2D eigenvalue weighted by molar-refractivity contribution is 1.42. The monoisotopic (exact) mass is 314 g/mol. The molecule has 1 rings (SSSR count). The van der Waals surface area contributed by atoms with Crippen molar-refractivity contribution in [1.82, 2.24) is 0 Å². The predicted octanol–water partition coefficient (Wildman–Crippen LogP) is 6.55. The Morgan fingerprint density at radius 3 is 1.62 bits per heavy atom. The van der Waals surface area contributed by atoms with Gasteiger partial charge in [-0.25, -0.2) is 0 Å². The molecule has 0 radical (unpaired) electrons. The fourth-order valence-electron chi connectivity index (χ4n) is 3.08. The molecule has 0 N–H and O–H groups in total. The maximum atomic E-state index is 4.06. The molecule has 1 aliphatic heterocycles. The average molecular weight is 314 g/mol. The van der Waals surface area contributed by atoms with Gasteiger partial charge in [-0.2, -0.15) is 0 Å². The van der Waals surface area contributed by atoms with Crippen LogP contribution in [0.2, 0.25) is 6.82 Å². The van der Waals surface area contributed by atoms with Crippen LogP contribution >= 0.6 is 0 Å². The minimum Gasteiger partial charge on any atom is -0.0991 e. The lowest BCUT2D eigenvalue weighted by atomic mass is 9.39. The maximum Gasteiger partial charge on any atom is 0.207 e. The molecule has 0 aromatic heterocycles. The van der Waals surface area contributed by atoms with E-state index in [4.69, 9.17) is 0 Å². The van der Waals surface area contributed by atoms with Crippen molar-refractivity contribution in [3.05, 3.63) is 120 Å². The zero-order valence-corrected chi connectivity index (χ0v) is 15.2. The van der Waals surface area contributed by atoms with Crippen LogP contribution < -0.4 is 0 Å². The van der Waals surface area contributed by atoms with Gasteiger partial charge in [0.15, 0.2) is 0 Å². The molecule has 1 aliphatic rings. The van der Waals surface area contributed by atoms with E-state index < -0.39 is 0 Å². The van der Waals surface area contributed by atoms with Gasteiger partial charge in [-0.15, -0.1) is 0 Å². The molecule has 1 heterocycles. The third kappa shape index (κ3) is 3.86. The molecule has 122 valence electrons. The third-order valence-electron chi connectivity index (χ3n) is 4.13. The first-order chi connectivity index (χ1) is 11.6. The Labute approximate surface area is 148 Å². The topological polar surface area (TPSA) is 0 Å². The maximum absolute atomic E-state index is 4.06. The van der Waals surface area contributed by atoms with E-state index in [0.29, 0.717) is 0 Å². The normalized spacial score (nSPS) is 16.5. The highest BCUT2D eigenvalue weighted by atomic mass is 14.2. The van der Waals surface area contributed by atoms with Gasteiger partial charge in [0.1, 0.15) is 0 Å². The van der Waals surface area contributed by atoms with E-state index in [9.17, 15) is 0 Å². The summed E-state index contributed by atoms with van der Waals surface area (Å²) in [6.07, 6.45) is 20.0. The summed E-state index contributed by atoms with van der Waals surface area (Å²) >= 11 is 0. The molecule has 0 unspecified atom stereocenters. The highest BCUT2D eigenvalue weighted by molar-refractivity contribution is 6.74. The van der Waals surface area contributed by atoms with Crippen molar-refractivity contribution < 1.29 is 0 Å². The Morgan fingerprint density at radius 2 is 1.17 bits per heavy atom. The molecule has 1 heteroatoms. The van der Waals surface area contributed by atoms with Gasteiger partial charge in [-0.1, -0.05) is 105 Å². The Bertz CT molecular complexity index is 715. The van der Waals surface area contributed by atoms with Crippen LogP contribution in [0.4, 0.5) is 0 Å². The lowest BCUT2D eigenvalue weighted by Crippen LogP contribution is -2.16. The van der Waals surface area contributed by atoms with Crippen LogP contribution in [0, 0.1) is 0 Å². The average Bonchev–Trinajstić information content (AvgIpc) is 2.67. The minimum atomic E-state index is 0.205. The van der Waals surface area contributed by atoms with Gasteiger partial charge in [0.05, 0.1) is 0 Å². The predicted molar refractivity (Wildman–Crippen MR) is 112 cm³/mol. The van der Waals surface area contributed by atoms with Gasteiger partial charge in [0, 0.05) is 0 Å². The summed E-state index contributed by atoms with van der Waals surface area (Å²) in [5, 5.41) is 0. The number of allylic oxidation sites excluding steroid dienone is 16. The van der Waals surface area contributed by atoms with Gasteiger partial charge in [0.2, 0.25) is 6.71 Å². The van der Waals surface area contributed by atoms with Crippen molar-refractivity contribution in [2.75, 3.05) is 0 Å². The Balaban J connectivity index is 4.05. The number of hydrogen-bond donors (Lipinski definition) is 0. The van der Waals surface area contributed by atoms with E-state index in [0.717, 1.165) is 22.3 Å². The summed E-state index contributed by atoms with van der Waals surface area (Å²) < 4.78 is 0. The van der Waals surface area contributed by atoms with Crippen molar-refractivity contribution >= 4 is 6.71 Å². The van der Waals surface area contributed by atoms with E-state index in [-0.39, 0.29) is 6.71 Å². The minimum absolute atomic E-state index is 0.205. The molecule has 0 amide bonds. The van der Waals surface area contributed by atoms with Crippen LogP contribution in [-0.2, 0) is 0 Å². The van der Waals surface area contributed by atoms with Gasteiger partial charge in [-0.3, -0.25) is 0 Å². The third-order valence-corrected chi connectivity index (χ3v) is 4.13. The molecule has 0 saturated carbocycles. The van der Waals surface area contributed by atoms with Crippen LogP contribution in [-0.4, -0.2) is 6.71 Å². The summed E-state index contributed by atoms with van der Waals surface area (Å²) in [6.45, 7) is 22.4. The summed E-state index contributed by atoms with van der Waals surface area (Å²) in [7, 11) is 0. The number of rotatable bonds is 7. The smallest absolute Gasteiger partial charge is 0.0991 e. The van der Waals surface area contributed by atoms with E-state index in [1.807, 2.05) is 44.2 Å². The first kappa shape index (κ1) is 19.5. The molecular formula is C23H27B. The Kier molecular flexibility index (Phi) is 7.78. The lowest BCUT2D eigenvalue weighted by Gasteiger charge is -2.14. The second kappa shape index (κ2) is 9.57. The summed E-state index contributed by atoms with van der Waals surface area (Å²) in [6, 6.07) is 0. The van der Waals surface area contributed by atoms with Gasteiger partial charge >= 0.3 is 0 Å². The Hall–Kier alpha value is -2.54. The molecule has 0 saturated heterocycles. The molecule has 24 heavy (non-hydrogen) atoms. The first-order valence-corrected chi connectivity index (χ1v) is 8.26. The van der Waals surface area contributed by atoms with Gasteiger partial charge in [-0.05, 0) is 36.1 Å². The van der Waals surface area contributed by atoms with Crippen molar-refractivity contribution in [1.29, 1.82) is 0 Å². The zero-order valence-electron chi connectivity index (χ0n) is 15.2. The van der Waals surface area contributed by atoms with Crippen molar-refractivity contribution in [2.45, 2.75) is 20.7 Å². The summed E-state index contributed by atoms with van der Waals surface area (Å²) in [4.78, 5) is 0. The highest BCUT2D eigenvalue weighted by Gasteiger charge is 2.26. The first-order valence-electron chi connectivity index (χ1n) is 8.26. The molecule has 0 nitrogen and oxygen atoms in total. The second-order valence-electron chi connectivity index (χ2n) is 5.49. The molecule has 0 aromatic rings. The molecule has 0 atom stereocenters. The molecule has 0 bridgehead atoms. The quantitative estimate of drug-likeness (QED) is 0.369. The van der Waals surface area contributed by atoms with Gasteiger partial charge < -0.3 is 0 Å². The fraction of sp³-hybridized carbons (Fsp3) is 0.130. The molecule has 0 aliphatic carbocycles. The van der Waals surface area contributed by atoms with Crippen LogP contribution in [0.1, 0.15) is 13.8 Å². The SMILES string of the molecule is C=C/C=C\C1=C(C=C)C(C=C)=C(/C=C\C)C(C=C)=C(/C=C\C)B1C. The van der Waals surface area contributed by atoms with E-state index >= 15 is 0 Å². The molecule has 0 fully saturated rings. The van der Waals surface area contributed by atoms with Crippen LogP contribution in [0.15, 0.2) is 120 Å². The standard InChI is InChI=1S/C23H27B/c1-8-14-17-23-19(12-5)18(11-4)21(15-9-2)20(13-6)22(16-10-3)24(23)7/h8-17H,1,4-6H2,2-3,7H3/b15-9-,16-10-,17-14-. The summed E-state index contributed by atoms with van der Waals surface area (Å²) in [5.74, 6) is 0. The van der Waals surface area contributed by atoms with Crippen molar-refractivity contribution in [3.8, 4) is 0 Å².